The van der Waals surface area contributed by atoms with Crippen molar-refractivity contribution in [3.63, 3.8) is 0 Å². The first-order chi connectivity index (χ1) is 15.8. The van der Waals surface area contributed by atoms with E-state index in [1.54, 1.807) is 22.8 Å². The van der Waals surface area contributed by atoms with Gasteiger partial charge in [0, 0.05) is 13.1 Å². The zero-order valence-corrected chi connectivity index (χ0v) is 18.7. The third-order valence-electron chi connectivity index (χ3n) is 6.35. The highest BCUT2D eigenvalue weighted by atomic mass is 19.1. The summed E-state index contributed by atoms with van der Waals surface area (Å²) in [6, 6.07) is 6.35. The third-order valence-corrected chi connectivity index (χ3v) is 6.35. The Labute approximate surface area is 191 Å². The summed E-state index contributed by atoms with van der Waals surface area (Å²) in [5, 5.41) is 12.5. The van der Waals surface area contributed by atoms with E-state index >= 15 is 0 Å². The number of carbonyl (C=O) groups is 3. The minimum absolute atomic E-state index is 0.0422. The Bertz CT molecular complexity index is 1060. The number of aromatic nitrogens is 1. The third kappa shape index (κ3) is 4.50. The van der Waals surface area contributed by atoms with Crippen LogP contribution in [0, 0.1) is 11.7 Å². The molecule has 2 aromatic rings. The highest BCUT2D eigenvalue weighted by Crippen LogP contribution is 2.28. The fourth-order valence-electron chi connectivity index (χ4n) is 4.64. The van der Waals surface area contributed by atoms with Crippen molar-refractivity contribution in [1.82, 2.24) is 14.8 Å². The highest BCUT2D eigenvalue weighted by molar-refractivity contribution is 6.02. The van der Waals surface area contributed by atoms with Gasteiger partial charge in [-0.2, -0.15) is 0 Å². The number of likely N-dealkylation sites (tertiary alicyclic amines) is 1. The van der Waals surface area contributed by atoms with Crippen molar-refractivity contribution < 1.29 is 28.6 Å². The van der Waals surface area contributed by atoms with E-state index in [1.165, 1.54) is 17.0 Å². The maximum absolute atomic E-state index is 13.4. The van der Waals surface area contributed by atoms with Crippen LogP contribution in [0.2, 0.25) is 0 Å². The Kier molecular flexibility index (Phi) is 6.51. The van der Waals surface area contributed by atoms with Crippen LogP contribution >= 0.6 is 0 Å². The smallest absolute Gasteiger partial charge is 0.326 e. The number of carboxylic acid groups (broad SMARTS) is 1. The van der Waals surface area contributed by atoms with Gasteiger partial charge < -0.3 is 24.6 Å². The van der Waals surface area contributed by atoms with Gasteiger partial charge in [-0.3, -0.25) is 9.59 Å². The van der Waals surface area contributed by atoms with Crippen LogP contribution in [0.4, 0.5) is 4.39 Å². The van der Waals surface area contributed by atoms with Crippen LogP contribution < -0.4 is 5.32 Å². The summed E-state index contributed by atoms with van der Waals surface area (Å²) < 4.78 is 20.7. The van der Waals surface area contributed by atoms with Crippen molar-refractivity contribution in [2.45, 2.75) is 51.9 Å². The van der Waals surface area contributed by atoms with Gasteiger partial charge >= 0.3 is 5.97 Å². The topological polar surface area (TPSA) is 101 Å². The second-order valence-corrected chi connectivity index (χ2v) is 8.84. The second kappa shape index (κ2) is 9.35. The Balaban J connectivity index is 1.64. The molecular weight excluding hydrogens is 429 g/mol. The average molecular weight is 458 g/mol. The molecule has 0 unspecified atom stereocenters. The van der Waals surface area contributed by atoms with E-state index in [-0.39, 0.29) is 30.3 Å². The van der Waals surface area contributed by atoms with Gasteiger partial charge in [0.05, 0.1) is 30.5 Å². The SMILES string of the molecule is CC(C)[C@@H](NC(=O)c1cc(C(=O)N2CCC[C@@H]2C(=O)O)c2n1CCOC2)c1ccc(F)cc1. The zero-order chi connectivity index (χ0) is 23.7. The molecule has 8 nitrogen and oxygen atoms in total. The summed E-state index contributed by atoms with van der Waals surface area (Å²) in [4.78, 5) is 39.6. The minimum atomic E-state index is -1.03. The number of aliphatic carboxylic acids is 1. The molecule has 1 saturated heterocycles. The summed E-state index contributed by atoms with van der Waals surface area (Å²) in [6.45, 7) is 5.28. The predicted molar refractivity (Wildman–Crippen MR) is 117 cm³/mol. The summed E-state index contributed by atoms with van der Waals surface area (Å²) in [6.07, 6.45) is 1.03. The van der Waals surface area contributed by atoms with Gasteiger partial charge in [0.15, 0.2) is 0 Å². The first kappa shape index (κ1) is 23.0. The quantitative estimate of drug-likeness (QED) is 0.695. The van der Waals surface area contributed by atoms with Gasteiger partial charge in [-0.15, -0.1) is 0 Å². The molecule has 2 N–H and O–H groups in total. The Hall–Kier alpha value is -3.20. The van der Waals surface area contributed by atoms with E-state index < -0.39 is 17.9 Å². The van der Waals surface area contributed by atoms with Crippen LogP contribution in [0.1, 0.15) is 64.8 Å². The Morgan fingerprint density at radius 3 is 2.58 bits per heavy atom. The number of hydrogen-bond donors (Lipinski definition) is 2. The molecule has 4 rings (SSSR count). The molecule has 0 saturated carbocycles. The van der Waals surface area contributed by atoms with Crippen LogP contribution in [0.3, 0.4) is 0 Å². The molecule has 33 heavy (non-hydrogen) atoms. The number of nitrogens with zero attached hydrogens (tertiary/aromatic N) is 2. The number of halogens is 1. The standard InChI is InChI=1S/C24H28FN3O5/c1-14(2)21(15-5-7-16(25)8-6-15)26-22(29)19-12-17(20-13-33-11-10-27(19)20)23(30)28-9-3-4-18(28)24(31)32/h5-8,12,14,18,21H,3-4,9-11,13H2,1-2H3,(H,26,29)(H,31,32)/t18-,21-/m1/s1. The molecule has 2 aliphatic rings. The number of benzene rings is 1. The number of rotatable bonds is 6. The fourth-order valence-corrected chi connectivity index (χ4v) is 4.64. The number of nitrogens with one attached hydrogen (secondary N) is 1. The molecule has 0 bridgehead atoms. The van der Waals surface area contributed by atoms with Crippen molar-refractivity contribution in [3.8, 4) is 0 Å². The maximum Gasteiger partial charge on any atom is 0.326 e. The van der Waals surface area contributed by atoms with Gasteiger partial charge in [0.25, 0.3) is 11.8 Å². The molecule has 9 heteroatoms. The lowest BCUT2D eigenvalue weighted by atomic mass is 9.96. The van der Waals surface area contributed by atoms with E-state index in [4.69, 9.17) is 4.74 Å². The van der Waals surface area contributed by atoms with Crippen molar-refractivity contribution in [1.29, 1.82) is 0 Å². The summed E-state index contributed by atoms with van der Waals surface area (Å²) in [5.74, 6) is -2.08. The number of ether oxygens (including phenoxy) is 1. The lowest BCUT2D eigenvalue weighted by Crippen LogP contribution is -2.40. The maximum atomic E-state index is 13.4. The molecule has 2 amide bonds. The average Bonchev–Trinajstić information content (AvgIpc) is 3.43. The van der Waals surface area contributed by atoms with E-state index in [0.29, 0.717) is 49.5 Å². The minimum Gasteiger partial charge on any atom is -0.480 e. The molecule has 2 atom stereocenters. The van der Waals surface area contributed by atoms with Gasteiger partial charge in [-0.1, -0.05) is 26.0 Å². The molecule has 176 valence electrons. The molecule has 2 aliphatic heterocycles. The molecule has 0 radical (unpaired) electrons. The van der Waals surface area contributed by atoms with Crippen LogP contribution in [0.5, 0.6) is 0 Å². The second-order valence-electron chi connectivity index (χ2n) is 8.84. The van der Waals surface area contributed by atoms with Crippen LogP contribution in [-0.4, -0.2) is 51.6 Å². The van der Waals surface area contributed by atoms with E-state index in [1.807, 2.05) is 13.8 Å². The molecule has 1 aromatic carbocycles. The number of amides is 2. The van der Waals surface area contributed by atoms with E-state index in [2.05, 4.69) is 5.32 Å². The molecule has 0 aliphatic carbocycles. The Morgan fingerprint density at radius 1 is 1.18 bits per heavy atom. The van der Waals surface area contributed by atoms with E-state index in [9.17, 15) is 23.9 Å². The van der Waals surface area contributed by atoms with Crippen molar-refractivity contribution in [2.75, 3.05) is 13.2 Å². The van der Waals surface area contributed by atoms with Crippen molar-refractivity contribution in [2.24, 2.45) is 5.92 Å². The van der Waals surface area contributed by atoms with Crippen molar-refractivity contribution in [3.05, 3.63) is 58.7 Å². The van der Waals surface area contributed by atoms with Gasteiger partial charge in [-0.25, -0.2) is 9.18 Å². The number of carbonyl (C=O) groups excluding carboxylic acids is 2. The molecular formula is C24H28FN3O5. The normalized spacial score (nSPS) is 18.8. The first-order valence-electron chi connectivity index (χ1n) is 11.2. The zero-order valence-electron chi connectivity index (χ0n) is 18.7. The number of carboxylic acids is 1. The molecule has 0 spiro atoms. The number of fused-ring (bicyclic) bond motifs is 1. The van der Waals surface area contributed by atoms with Crippen molar-refractivity contribution >= 4 is 17.8 Å². The highest BCUT2D eigenvalue weighted by Gasteiger charge is 2.37. The monoisotopic (exact) mass is 457 g/mol. The lowest BCUT2D eigenvalue weighted by molar-refractivity contribution is -0.141. The number of hydrogen-bond acceptors (Lipinski definition) is 4. The summed E-state index contributed by atoms with van der Waals surface area (Å²) >= 11 is 0. The molecule has 3 heterocycles. The largest absolute Gasteiger partial charge is 0.480 e. The predicted octanol–water partition coefficient (Wildman–Crippen LogP) is 2.97. The summed E-state index contributed by atoms with van der Waals surface area (Å²) in [5.41, 5.74) is 1.99. The van der Waals surface area contributed by atoms with Gasteiger partial charge in [0.2, 0.25) is 0 Å². The van der Waals surface area contributed by atoms with Crippen LogP contribution in [-0.2, 0) is 22.7 Å². The van der Waals surface area contributed by atoms with Gasteiger partial charge in [0.1, 0.15) is 17.6 Å². The first-order valence-corrected chi connectivity index (χ1v) is 11.2. The molecule has 1 aromatic heterocycles. The van der Waals surface area contributed by atoms with E-state index in [0.717, 1.165) is 5.56 Å². The fraction of sp³-hybridized carbons (Fsp3) is 0.458. The molecule has 1 fully saturated rings. The summed E-state index contributed by atoms with van der Waals surface area (Å²) in [7, 11) is 0. The Morgan fingerprint density at radius 2 is 1.91 bits per heavy atom. The van der Waals surface area contributed by atoms with Crippen LogP contribution in [0.15, 0.2) is 30.3 Å². The van der Waals surface area contributed by atoms with Gasteiger partial charge in [-0.05, 0) is 42.5 Å². The van der Waals surface area contributed by atoms with Crippen LogP contribution in [0.25, 0.3) is 0 Å². The lowest BCUT2D eigenvalue weighted by Gasteiger charge is -2.25.